The minimum absolute atomic E-state index is 0.00595. The summed E-state index contributed by atoms with van der Waals surface area (Å²) in [5.74, 6) is 0.146. The molecule has 11 nitrogen and oxygen atoms in total. The van der Waals surface area contributed by atoms with Gasteiger partial charge in [-0.1, -0.05) is 12.1 Å². The maximum absolute atomic E-state index is 13.2. The van der Waals surface area contributed by atoms with Crippen molar-refractivity contribution in [3.63, 3.8) is 0 Å². The number of carbonyl (C=O) groups excluding carboxylic acids is 2. The third-order valence-electron chi connectivity index (χ3n) is 6.29. The number of hydrogen-bond acceptors (Lipinski definition) is 8. The van der Waals surface area contributed by atoms with Crippen LogP contribution in [0.3, 0.4) is 0 Å². The molecule has 182 valence electrons. The third-order valence-corrected chi connectivity index (χ3v) is 6.29. The van der Waals surface area contributed by atoms with Crippen LogP contribution in [0.25, 0.3) is 0 Å². The maximum Gasteiger partial charge on any atom is 0.295 e. The number of piperidine rings is 1. The van der Waals surface area contributed by atoms with Crippen LogP contribution in [0.4, 0.5) is 11.4 Å². The number of anilines is 1. The summed E-state index contributed by atoms with van der Waals surface area (Å²) in [6.07, 6.45) is 5.42. The van der Waals surface area contributed by atoms with Gasteiger partial charge in [0.25, 0.3) is 11.6 Å². The highest BCUT2D eigenvalue weighted by Gasteiger charge is 2.36. The Kier molecular flexibility index (Phi) is 6.00. The molecule has 2 unspecified atom stereocenters. The molecule has 3 aliphatic heterocycles. The zero-order valence-corrected chi connectivity index (χ0v) is 18.8. The largest absolute Gasteiger partial charge is 0.454 e. The van der Waals surface area contributed by atoms with Crippen LogP contribution in [0.5, 0.6) is 11.5 Å². The Morgan fingerprint density at radius 1 is 1.00 bits per heavy atom. The van der Waals surface area contributed by atoms with Crippen molar-refractivity contribution in [1.82, 2.24) is 4.90 Å². The Bertz CT molecular complexity index is 1210. The second-order valence-corrected chi connectivity index (χ2v) is 8.51. The number of fused-ring (bicyclic) bond motifs is 1. The molecule has 0 spiro atoms. The summed E-state index contributed by atoms with van der Waals surface area (Å²) in [6, 6.07) is 8.61. The van der Waals surface area contributed by atoms with E-state index in [2.05, 4.69) is 0 Å². The topological polar surface area (TPSA) is 137 Å². The summed E-state index contributed by atoms with van der Waals surface area (Å²) in [5, 5.41) is 13.3. The zero-order valence-electron chi connectivity index (χ0n) is 18.8. The second-order valence-electron chi connectivity index (χ2n) is 8.51. The van der Waals surface area contributed by atoms with Crippen molar-refractivity contribution in [2.45, 2.75) is 31.4 Å². The van der Waals surface area contributed by atoms with E-state index >= 15 is 0 Å². The fraction of sp³-hybridized carbons (Fsp3) is 0.333. The van der Waals surface area contributed by atoms with Gasteiger partial charge < -0.3 is 20.1 Å². The van der Waals surface area contributed by atoms with Crippen molar-refractivity contribution in [3.8, 4) is 11.5 Å². The SMILES string of the molecule is NC(=O)c1ccc(N2OC(C(=O)N3CCCCC3)C=CC2c2ccc3c(c2)OCO3)c([N+](=O)[O-])c1. The maximum atomic E-state index is 13.2. The van der Waals surface area contributed by atoms with Crippen LogP contribution in [0.2, 0.25) is 0 Å². The monoisotopic (exact) mass is 480 g/mol. The molecule has 0 bridgehead atoms. The number of nitrogens with zero attached hydrogens (tertiary/aromatic N) is 3. The highest BCUT2D eigenvalue weighted by Crippen LogP contribution is 2.41. The lowest BCUT2D eigenvalue weighted by atomic mass is 10.0. The Morgan fingerprint density at radius 2 is 1.77 bits per heavy atom. The van der Waals surface area contributed by atoms with Crippen LogP contribution in [-0.4, -0.2) is 47.6 Å². The quantitative estimate of drug-likeness (QED) is 0.392. The molecule has 0 radical (unpaired) electrons. The van der Waals surface area contributed by atoms with Gasteiger partial charge in [-0.05, 0) is 55.2 Å². The standard InChI is InChI=1S/C24H24N4O7/c25-23(29)16-4-6-18(19(12-16)28(31)32)27-17(15-5-8-20-22(13-15)34-14-33-20)7-9-21(35-27)24(30)26-10-2-1-3-11-26/h4-9,12-13,17,21H,1-3,10-11,14H2,(H2,25,29). The van der Waals surface area contributed by atoms with E-state index in [-0.39, 0.29) is 29.6 Å². The van der Waals surface area contributed by atoms with Gasteiger partial charge in [0.15, 0.2) is 17.6 Å². The molecule has 35 heavy (non-hydrogen) atoms. The average Bonchev–Trinajstić information content (AvgIpc) is 3.36. The lowest BCUT2D eigenvalue weighted by molar-refractivity contribution is -0.384. The fourth-order valence-corrected chi connectivity index (χ4v) is 4.49. The van der Waals surface area contributed by atoms with Crippen molar-refractivity contribution < 1.29 is 28.8 Å². The van der Waals surface area contributed by atoms with Crippen molar-refractivity contribution >= 4 is 23.2 Å². The second kappa shape index (κ2) is 9.26. The summed E-state index contributed by atoms with van der Waals surface area (Å²) < 4.78 is 10.9. The molecule has 3 aliphatic rings. The number of hydrogen-bond donors (Lipinski definition) is 1. The number of hydroxylamine groups is 1. The van der Waals surface area contributed by atoms with E-state index in [0.29, 0.717) is 30.2 Å². The molecule has 0 aliphatic carbocycles. The minimum Gasteiger partial charge on any atom is -0.454 e. The number of primary amides is 1. The normalized spacial score (nSPS) is 21.1. The van der Waals surface area contributed by atoms with Crippen molar-refractivity contribution in [1.29, 1.82) is 0 Å². The first-order valence-electron chi connectivity index (χ1n) is 11.3. The predicted octanol–water partition coefficient (Wildman–Crippen LogP) is 2.85. The number of nitrogens with two attached hydrogens (primary N) is 1. The summed E-state index contributed by atoms with van der Waals surface area (Å²) >= 11 is 0. The highest BCUT2D eigenvalue weighted by atomic mass is 16.7. The first-order valence-corrected chi connectivity index (χ1v) is 11.3. The number of nitro groups is 1. The summed E-state index contributed by atoms with van der Waals surface area (Å²) in [4.78, 5) is 44.0. The van der Waals surface area contributed by atoms with Gasteiger partial charge in [-0.25, -0.2) is 5.06 Å². The number of carbonyl (C=O) groups is 2. The van der Waals surface area contributed by atoms with Gasteiger partial charge in [-0.15, -0.1) is 0 Å². The molecule has 2 atom stereocenters. The van der Waals surface area contributed by atoms with E-state index < -0.39 is 23.0 Å². The first-order chi connectivity index (χ1) is 16.9. The molecule has 0 saturated carbocycles. The lowest BCUT2D eigenvalue weighted by Gasteiger charge is -2.38. The van der Waals surface area contributed by atoms with Gasteiger partial charge in [0, 0.05) is 24.7 Å². The number of amides is 2. The molecular formula is C24H24N4O7. The van der Waals surface area contributed by atoms with Gasteiger partial charge in [0.2, 0.25) is 12.7 Å². The molecular weight excluding hydrogens is 456 g/mol. The summed E-state index contributed by atoms with van der Waals surface area (Å²) in [6.45, 7) is 1.39. The number of benzene rings is 2. The predicted molar refractivity (Wildman–Crippen MR) is 124 cm³/mol. The van der Waals surface area contributed by atoms with Gasteiger partial charge >= 0.3 is 0 Å². The zero-order chi connectivity index (χ0) is 24.5. The molecule has 2 aromatic rings. The van der Waals surface area contributed by atoms with Crippen LogP contribution < -0.4 is 20.3 Å². The van der Waals surface area contributed by atoms with E-state index in [1.54, 1.807) is 35.3 Å². The molecule has 5 rings (SSSR count). The Labute approximate surface area is 200 Å². The number of rotatable bonds is 5. The van der Waals surface area contributed by atoms with Gasteiger partial charge in [-0.2, -0.15) is 0 Å². The summed E-state index contributed by atoms with van der Waals surface area (Å²) in [5.41, 5.74) is 5.76. The Hall–Kier alpha value is -4.12. The van der Waals surface area contributed by atoms with Gasteiger partial charge in [0.1, 0.15) is 11.7 Å². The van der Waals surface area contributed by atoms with Crippen LogP contribution in [0.15, 0.2) is 48.6 Å². The van der Waals surface area contributed by atoms with Crippen LogP contribution in [0, 0.1) is 10.1 Å². The molecule has 3 heterocycles. The van der Waals surface area contributed by atoms with Crippen LogP contribution >= 0.6 is 0 Å². The van der Waals surface area contributed by atoms with E-state index in [1.165, 1.54) is 17.2 Å². The third kappa shape index (κ3) is 4.37. The van der Waals surface area contributed by atoms with E-state index in [1.807, 2.05) is 0 Å². The molecule has 2 N–H and O–H groups in total. The number of likely N-dealkylation sites (tertiary alicyclic amines) is 1. The number of ether oxygens (including phenoxy) is 2. The number of nitro benzene ring substituents is 1. The van der Waals surface area contributed by atoms with Gasteiger partial charge in [-0.3, -0.25) is 24.5 Å². The van der Waals surface area contributed by atoms with Crippen LogP contribution in [0.1, 0.15) is 41.2 Å². The molecule has 11 heteroatoms. The van der Waals surface area contributed by atoms with Gasteiger partial charge in [0.05, 0.1) is 4.92 Å². The van der Waals surface area contributed by atoms with Crippen molar-refractivity contribution in [2.24, 2.45) is 5.73 Å². The van der Waals surface area contributed by atoms with Crippen LogP contribution in [-0.2, 0) is 9.63 Å². The van der Waals surface area contributed by atoms with E-state index in [9.17, 15) is 19.7 Å². The molecule has 1 saturated heterocycles. The molecule has 1 fully saturated rings. The first kappa shape index (κ1) is 22.7. The highest BCUT2D eigenvalue weighted by molar-refractivity contribution is 5.94. The summed E-state index contributed by atoms with van der Waals surface area (Å²) in [7, 11) is 0. The molecule has 2 aromatic carbocycles. The smallest absolute Gasteiger partial charge is 0.295 e. The van der Waals surface area contributed by atoms with Crippen molar-refractivity contribution in [2.75, 3.05) is 24.9 Å². The van der Waals surface area contributed by atoms with Crippen molar-refractivity contribution in [3.05, 3.63) is 69.8 Å². The molecule has 0 aromatic heterocycles. The lowest BCUT2D eigenvalue weighted by Crippen LogP contribution is -2.47. The van der Waals surface area contributed by atoms with E-state index in [4.69, 9.17) is 20.0 Å². The Balaban J connectivity index is 1.55. The fourth-order valence-electron chi connectivity index (χ4n) is 4.49. The average molecular weight is 480 g/mol. The van der Waals surface area contributed by atoms with E-state index in [0.717, 1.165) is 25.3 Å². The molecule has 2 amide bonds. The minimum atomic E-state index is -0.950. The Morgan fingerprint density at radius 3 is 2.51 bits per heavy atom.